The molecular weight excluding hydrogens is 232 g/mol. The van der Waals surface area contributed by atoms with E-state index in [-0.39, 0.29) is 12.0 Å². The summed E-state index contributed by atoms with van der Waals surface area (Å²) in [4.78, 5) is 13.6. The van der Waals surface area contributed by atoms with E-state index in [0.717, 1.165) is 12.8 Å². The predicted molar refractivity (Wildman–Crippen MR) is 70.2 cm³/mol. The van der Waals surface area contributed by atoms with Gasteiger partial charge < -0.3 is 20.5 Å². The van der Waals surface area contributed by atoms with Crippen LogP contribution in [0.25, 0.3) is 0 Å². The summed E-state index contributed by atoms with van der Waals surface area (Å²) in [6.45, 7) is 7.32. The normalized spacial score (nSPS) is 22.7. The summed E-state index contributed by atoms with van der Waals surface area (Å²) >= 11 is 0. The first kappa shape index (κ1) is 15.2. The molecule has 3 N–H and O–H groups in total. The van der Waals surface area contributed by atoms with Gasteiger partial charge in [-0.25, -0.2) is 4.79 Å². The Morgan fingerprint density at radius 2 is 2.22 bits per heavy atom. The van der Waals surface area contributed by atoms with Gasteiger partial charge in [0.05, 0.1) is 6.10 Å². The number of rotatable bonds is 3. The molecule has 2 atom stereocenters. The van der Waals surface area contributed by atoms with Gasteiger partial charge in [0, 0.05) is 19.0 Å². The number of carbonyl (C=O) groups is 1. The van der Waals surface area contributed by atoms with E-state index in [4.69, 9.17) is 10.5 Å². The summed E-state index contributed by atoms with van der Waals surface area (Å²) in [5, 5.41) is 9.95. The van der Waals surface area contributed by atoms with E-state index >= 15 is 0 Å². The number of piperidine rings is 1. The van der Waals surface area contributed by atoms with Crippen molar-refractivity contribution in [1.82, 2.24) is 4.90 Å². The zero-order valence-electron chi connectivity index (χ0n) is 11.7. The molecule has 1 fully saturated rings. The van der Waals surface area contributed by atoms with Gasteiger partial charge in [-0.3, -0.25) is 0 Å². The Morgan fingerprint density at radius 1 is 1.56 bits per heavy atom. The molecule has 1 aliphatic heterocycles. The molecule has 1 heterocycles. The van der Waals surface area contributed by atoms with Crippen LogP contribution in [0.2, 0.25) is 0 Å². The van der Waals surface area contributed by atoms with E-state index in [0.29, 0.717) is 26.1 Å². The van der Waals surface area contributed by atoms with Crippen LogP contribution < -0.4 is 5.73 Å². The second kappa shape index (κ2) is 6.38. The number of hydrogen-bond donors (Lipinski definition) is 2. The van der Waals surface area contributed by atoms with Crippen LogP contribution in [0.1, 0.15) is 40.0 Å². The molecule has 18 heavy (non-hydrogen) atoms. The topological polar surface area (TPSA) is 75.8 Å². The molecule has 0 aliphatic carbocycles. The van der Waals surface area contributed by atoms with E-state index in [9.17, 15) is 9.90 Å². The van der Waals surface area contributed by atoms with Gasteiger partial charge in [-0.1, -0.05) is 0 Å². The predicted octanol–water partition coefficient (Wildman–Crippen LogP) is 1.34. The molecule has 0 radical (unpaired) electrons. The third-order valence-electron chi connectivity index (χ3n) is 3.12. The first-order valence-electron chi connectivity index (χ1n) is 6.69. The van der Waals surface area contributed by atoms with Crippen molar-refractivity contribution in [2.75, 3.05) is 19.6 Å². The van der Waals surface area contributed by atoms with Gasteiger partial charge in [0.25, 0.3) is 0 Å². The fourth-order valence-electron chi connectivity index (χ4n) is 2.22. The van der Waals surface area contributed by atoms with Gasteiger partial charge in [-0.2, -0.15) is 0 Å². The highest BCUT2D eigenvalue weighted by Gasteiger charge is 2.30. The Balaban J connectivity index is 2.50. The maximum absolute atomic E-state index is 11.9. The van der Waals surface area contributed by atoms with Crippen LogP contribution in [0.3, 0.4) is 0 Å². The van der Waals surface area contributed by atoms with E-state index in [1.807, 2.05) is 20.8 Å². The number of nitrogens with zero attached hydrogens (tertiary/aromatic N) is 1. The molecule has 5 nitrogen and oxygen atoms in total. The molecule has 0 aromatic rings. The van der Waals surface area contributed by atoms with Crippen LogP contribution >= 0.6 is 0 Å². The molecule has 1 aliphatic rings. The Kier molecular flexibility index (Phi) is 5.41. The molecule has 0 spiro atoms. The number of aliphatic hydroxyl groups is 1. The van der Waals surface area contributed by atoms with Gasteiger partial charge in [-0.15, -0.1) is 0 Å². The number of aliphatic hydroxyl groups excluding tert-OH is 1. The number of carbonyl (C=O) groups excluding carboxylic acids is 1. The van der Waals surface area contributed by atoms with Crippen molar-refractivity contribution < 1.29 is 14.6 Å². The molecule has 0 aromatic heterocycles. The van der Waals surface area contributed by atoms with Gasteiger partial charge in [0.15, 0.2) is 0 Å². The van der Waals surface area contributed by atoms with E-state index < -0.39 is 11.7 Å². The maximum Gasteiger partial charge on any atom is 0.410 e. The summed E-state index contributed by atoms with van der Waals surface area (Å²) in [5.41, 5.74) is 4.98. The molecule has 0 bridgehead atoms. The van der Waals surface area contributed by atoms with Crippen LogP contribution in [0.4, 0.5) is 4.79 Å². The monoisotopic (exact) mass is 258 g/mol. The second-order valence-corrected chi connectivity index (χ2v) is 5.97. The number of hydrogen-bond acceptors (Lipinski definition) is 4. The Hall–Kier alpha value is -0.810. The highest BCUT2D eigenvalue weighted by Crippen LogP contribution is 2.22. The Labute approximate surface area is 109 Å². The summed E-state index contributed by atoms with van der Waals surface area (Å²) in [6, 6.07) is 0. The fraction of sp³-hybridized carbons (Fsp3) is 0.923. The van der Waals surface area contributed by atoms with Crippen LogP contribution in [0, 0.1) is 5.92 Å². The molecule has 0 aromatic carbocycles. The minimum absolute atomic E-state index is 0.120. The first-order chi connectivity index (χ1) is 8.33. The van der Waals surface area contributed by atoms with Gasteiger partial charge >= 0.3 is 6.09 Å². The molecule has 5 heteroatoms. The zero-order valence-corrected chi connectivity index (χ0v) is 11.7. The second-order valence-electron chi connectivity index (χ2n) is 5.97. The summed E-state index contributed by atoms with van der Waals surface area (Å²) in [5.74, 6) is 0.120. The van der Waals surface area contributed by atoms with Crippen molar-refractivity contribution in [2.24, 2.45) is 11.7 Å². The number of likely N-dealkylation sites (tertiary alicyclic amines) is 1. The van der Waals surface area contributed by atoms with Crippen molar-refractivity contribution in [1.29, 1.82) is 0 Å². The third kappa shape index (κ3) is 4.82. The van der Waals surface area contributed by atoms with Crippen molar-refractivity contribution in [3.8, 4) is 0 Å². The number of amides is 1. The van der Waals surface area contributed by atoms with Crippen molar-refractivity contribution in [3.63, 3.8) is 0 Å². The standard InChI is InChI=1S/C13H26N2O3/c1-13(2,3)18-12(17)15-8-4-5-10(9-15)11(16)6-7-14/h10-11,16H,4-9,14H2,1-3H3/t10?,11-/m0/s1. The number of ether oxygens (including phenoxy) is 1. The summed E-state index contributed by atoms with van der Waals surface area (Å²) in [6.07, 6.45) is 1.74. The van der Waals surface area contributed by atoms with Crippen LogP contribution in [-0.2, 0) is 4.74 Å². The van der Waals surface area contributed by atoms with Gasteiger partial charge in [0.1, 0.15) is 5.60 Å². The quantitative estimate of drug-likeness (QED) is 0.801. The molecule has 0 saturated carbocycles. The smallest absolute Gasteiger partial charge is 0.410 e. The van der Waals surface area contributed by atoms with Gasteiger partial charge in [0.2, 0.25) is 0 Å². The molecule has 1 unspecified atom stereocenters. The third-order valence-corrected chi connectivity index (χ3v) is 3.12. The average molecular weight is 258 g/mol. The van der Waals surface area contributed by atoms with Gasteiger partial charge in [-0.05, 0) is 46.6 Å². The van der Waals surface area contributed by atoms with Crippen LogP contribution in [0.5, 0.6) is 0 Å². The average Bonchev–Trinajstić information content (AvgIpc) is 2.27. The Morgan fingerprint density at radius 3 is 2.78 bits per heavy atom. The highest BCUT2D eigenvalue weighted by atomic mass is 16.6. The molecule has 1 rings (SSSR count). The number of nitrogens with two attached hydrogens (primary N) is 1. The molecular formula is C13H26N2O3. The van der Waals surface area contributed by atoms with Crippen LogP contribution in [0.15, 0.2) is 0 Å². The largest absolute Gasteiger partial charge is 0.444 e. The first-order valence-corrected chi connectivity index (χ1v) is 6.69. The lowest BCUT2D eigenvalue weighted by Gasteiger charge is -2.36. The SMILES string of the molecule is CC(C)(C)OC(=O)N1CCCC([C@@H](O)CCN)C1. The Bertz CT molecular complexity index is 276. The van der Waals surface area contributed by atoms with E-state index in [2.05, 4.69) is 0 Å². The van der Waals surface area contributed by atoms with Crippen molar-refractivity contribution in [2.45, 2.75) is 51.7 Å². The highest BCUT2D eigenvalue weighted by molar-refractivity contribution is 5.68. The maximum atomic E-state index is 11.9. The minimum Gasteiger partial charge on any atom is -0.444 e. The molecule has 106 valence electrons. The minimum atomic E-state index is -0.472. The van der Waals surface area contributed by atoms with Crippen LogP contribution in [-0.4, -0.2) is 47.4 Å². The summed E-state index contributed by atoms with van der Waals surface area (Å²) in [7, 11) is 0. The van der Waals surface area contributed by atoms with Crippen molar-refractivity contribution in [3.05, 3.63) is 0 Å². The van der Waals surface area contributed by atoms with E-state index in [1.165, 1.54) is 0 Å². The lowest BCUT2D eigenvalue weighted by molar-refractivity contribution is 0.00201. The van der Waals surface area contributed by atoms with Crippen molar-refractivity contribution >= 4 is 6.09 Å². The molecule has 1 saturated heterocycles. The fourth-order valence-corrected chi connectivity index (χ4v) is 2.22. The zero-order chi connectivity index (χ0) is 13.8. The summed E-state index contributed by atoms with van der Waals surface area (Å²) < 4.78 is 5.35. The van der Waals surface area contributed by atoms with E-state index in [1.54, 1.807) is 4.90 Å². The molecule has 1 amide bonds. The lowest BCUT2D eigenvalue weighted by atomic mass is 9.91. The lowest BCUT2D eigenvalue weighted by Crippen LogP contribution is -2.45.